The molecular formula is C15H19NO3. The van der Waals surface area contributed by atoms with Crippen LogP contribution >= 0.6 is 0 Å². The molecule has 0 fully saturated rings. The molecular weight excluding hydrogens is 242 g/mol. The molecule has 1 atom stereocenters. The summed E-state index contributed by atoms with van der Waals surface area (Å²) in [5.41, 5.74) is 2.50. The molecule has 0 heterocycles. The maximum Gasteiger partial charge on any atom is 0.305 e. The lowest BCUT2D eigenvalue weighted by molar-refractivity contribution is -0.137. The Labute approximate surface area is 113 Å². The molecule has 0 aromatic heterocycles. The maximum atomic E-state index is 12.4. The monoisotopic (exact) mass is 261 g/mol. The van der Waals surface area contributed by atoms with Crippen LogP contribution in [0.1, 0.15) is 27.9 Å². The Morgan fingerprint density at radius 2 is 2.11 bits per heavy atom. The van der Waals surface area contributed by atoms with Crippen molar-refractivity contribution in [3.63, 3.8) is 0 Å². The number of aryl methyl sites for hydroxylation is 2. The molecule has 0 amide bonds. The van der Waals surface area contributed by atoms with Crippen molar-refractivity contribution < 1.29 is 14.7 Å². The number of carboxylic acid groups (broad SMARTS) is 1. The van der Waals surface area contributed by atoms with Crippen LogP contribution in [-0.4, -0.2) is 29.4 Å². The van der Waals surface area contributed by atoms with Crippen LogP contribution < -0.4 is 5.32 Å². The predicted molar refractivity (Wildman–Crippen MR) is 74.5 cm³/mol. The lowest BCUT2D eigenvalue weighted by Crippen LogP contribution is -2.39. The van der Waals surface area contributed by atoms with E-state index in [1.54, 1.807) is 12.1 Å². The normalized spacial score (nSPS) is 11.9. The number of rotatable bonds is 7. The Bertz CT molecular complexity index is 494. The van der Waals surface area contributed by atoms with Crippen LogP contribution in [0.3, 0.4) is 0 Å². The van der Waals surface area contributed by atoms with Crippen molar-refractivity contribution in [3.8, 4) is 0 Å². The third-order valence-electron chi connectivity index (χ3n) is 2.85. The zero-order valence-corrected chi connectivity index (χ0v) is 11.3. The molecule has 4 heteroatoms. The second-order valence-electron chi connectivity index (χ2n) is 4.53. The van der Waals surface area contributed by atoms with E-state index in [0.29, 0.717) is 12.1 Å². The van der Waals surface area contributed by atoms with Gasteiger partial charge in [0, 0.05) is 12.1 Å². The number of ketones is 1. The fourth-order valence-corrected chi connectivity index (χ4v) is 1.94. The highest BCUT2D eigenvalue weighted by Gasteiger charge is 2.23. The second-order valence-corrected chi connectivity index (χ2v) is 4.53. The fourth-order valence-electron chi connectivity index (χ4n) is 1.94. The first-order valence-corrected chi connectivity index (χ1v) is 6.13. The van der Waals surface area contributed by atoms with Crippen molar-refractivity contribution in [3.05, 3.63) is 47.5 Å². The summed E-state index contributed by atoms with van der Waals surface area (Å²) in [7, 11) is 0. The summed E-state index contributed by atoms with van der Waals surface area (Å²) in [4.78, 5) is 23.2. The van der Waals surface area contributed by atoms with Gasteiger partial charge in [0.25, 0.3) is 0 Å². The number of carboxylic acids is 1. The van der Waals surface area contributed by atoms with Gasteiger partial charge >= 0.3 is 5.97 Å². The van der Waals surface area contributed by atoms with E-state index in [2.05, 4.69) is 11.9 Å². The summed E-state index contributed by atoms with van der Waals surface area (Å²) in [5, 5.41) is 11.8. The first-order chi connectivity index (χ1) is 8.95. The standard InChI is InChI=1S/C15H19NO3/c1-4-7-16-13(9-14(17)18)15(19)12-6-5-10(2)8-11(12)3/h4-6,8,13,16H,1,7,9H2,2-3H3,(H,17,18). The van der Waals surface area contributed by atoms with Gasteiger partial charge in [0.2, 0.25) is 0 Å². The van der Waals surface area contributed by atoms with Crippen LogP contribution in [0.2, 0.25) is 0 Å². The van der Waals surface area contributed by atoms with Gasteiger partial charge in [0.05, 0.1) is 12.5 Å². The smallest absolute Gasteiger partial charge is 0.305 e. The van der Waals surface area contributed by atoms with Crippen molar-refractivity contribution in [2.45, 2.75) is 26.3 Å². The number of aliphatic carboxylic acids is 1. The van der Waals surface area contributed by atoms with Crippen molar-refractivity contribution in [1.29, 1.82) is 0 Å². The van der Waals surface area contributed by atoms with E-state index in [0.717, 1.165) is 11.1 Å². The largest absolute Gasteiger partial charge is 0.481 e. The van der Waals surface area contributed by atoms with E-state index >= 15 is 0 Å². The lowest BCUT2D eigenvalue weighted by Gasteiger charge is -2.16. The van der Waals surface area contributed by atoms with Gasteiger partial charge in [-0.15, -0.1) is 6.58 Å². The average Bonchev–Trinajstić information content (AvgIpc) is 2.33. The van der Waals surface area contributed by atoms with Gasteiger partial charge in [-0.05, 0) is 19.4 Å². The minimum atomic E-state index is -1.00. The maximum absolute atomic E-state index is 12.4. The highest BCUT2D eigenvalue weighted by atomic mass is 16.4. The van der Waals surface area contributed by atoms with Crippen molar-refractivity contribution in [1.82, 2.24) is 5.32 Å². The van der Waals surface area contributed by atoms with Crippen LogP contribution in [-0.2, 0) is 4.79 Å². The molecule has 1 aromatic carbocycles. The quantitative estimate of drug-likeness (QED) is 0.582. The Morgan fingerprint density at radius 3 is 2.63 bits per heavy atom. The molecule has 0 bridgehead atoms. The summed E-state index contributed by atoms with van der Waals surface area (Å²) < 4.78 is 0. The second kappa shape index (κ2) is 6.85. The van der Waals surface area contributed by atoms with Crippen LogP contribution in [0.15, 0.2) is 30.9 Å². The van der Waals surface area contributed by atoms with Crippen LogP contribution in [0.5, 0.6) is 0 Å². The number of benzene rings is 1. The van der Waals surface area contributed by atoms with Gasteiger partial charge in [-0.1, -0.05) is 29.8 Å². The average molecular weight is 261 g/mol. The van der Waals surface area contributed by atoms with Gasteiger partial charge in [-0.2, -0.15) is 0 Å². The Morgan fingerprint density at radius 1 is 1.42 bits per heavy atom. The van der Waals surface area contributed by atoms with E-state index in [-0.39, 0.29) is 12.2 Å². The highest BCUT2D eigenvalue weighted by molar-refractivity contribution is 6.02. The number of carbonyl (C=O) groups excluding carboxylic acids is 1. The molecule has 1 unspecified atom stereocenters. The fraction of sp³-hybridized carbons (Fsp3) is 0.333. The number of hydrogen-bond acceptors (Lipinski definition) is 3. The van der Waals surface area contributed by atoms with Crippen molar-refractivity contribution in [2.75, 3.05) is 6.54 Å². The number of nitrogens with one attached hydrogen (secondary N) is 1. The Hall–Kier alpha value is -1.94. The molecule has 0 aliphatic heterocycles. The molecule has 0 saturated heterocycles. The summed E-state index contributed by atoms with van der Waals surface area (Å²) in [6, 6.07) is 4.79. The Balaban J connectivity index is 2.96. The third-order valence-corrected chi connectivity index (χ3v) is 2.85. The third kappa shape index (κ3) is 4.34. The van der Waals surface area contributed by atoms with Crippen LogP contribution in [0.25, 0.3) is 0 Å². The summed E-state index contributed by atoms with van der Waals surface area (Å²) in [6.45, 7) is 7.75. The number of hydrogen-bond donors (Lipinski definition) is 2. The van der Waals surface area contributed by atoms with Crippen LogP contribution in [0, 0.1) is 13.8 Å². The SMILES string of the molecule is C=CCNC(CC(=O)O)C(=O)c1ccc(C)cc1C. The van der Waals surface area contributed by atoms with Gasteiger partial charge in [-0.25, -0.2) is 0 Å². The number of carbonyl (C=O) groups is 2. The van der Waals surface area contributed by atoms with Crippen molar-refractivity contribution in [2.24, 2.45) is 0 Å². The van der Waals surface area contributed by atoms with Gasteiger partial charge < -0.3 is 10.4 Å². The number of Topliss-reactive ketones (excluding diaryl/α,β-unsaturated/α-hetero) is 1. The first kappa shape index (κ1) is 15.1. The summed E-state index contributed by atoms with van der Waals surface area (Å²) >= 11 is 0. The molecule has 0 spiro atoms. The minimum Gasteiger partial charge on any atom is -0.481 e. The first-order valence-electron chi connectivity index (χ1n) is 6.13. The topological polar surface area (TPSA) is 66.4 Å². The van der Waals surface area contributed by atoms with E-state index < -0.39 is 12.0 Å². The molecule has 1 rings (SSSR count). The van der Waals surface area contributed by atoms with Gasteiger partial charge in [-0.3, -0.25) is 9.59 Å². The van der Waals surface area contributed by atoms with Gasteiger partial charge in [0.15, 0.2) is 5.78 Å². The zero-order valence-electron chi connectivity index (χ0n) is 11.3. The molecule has 0 aliphatic rings. The lowest BCUT2D eigenvalue weighted by atomic mass is 9.96. The Kier molecular flexibility index (Phi) is 5.45. The molecule has 102 valence electrons. The van der Waals surface area contributed by atoms with Crippen molar-refractivity contribution >= 4 is 11.8 Å². The van der Waals surface area contributed by atoms with Gasteiger partial charge in [0.1, 0.15) is 0 Å². The van der Waals surface area contributed by atoms with E-state index in [9.17, 15) is 9.59 Å². The molecule has 0 aliphatic carbocycles. The molecule has 19 heavy (non-hydrogen) atoms. The molecule has 4 nitrogen and oxygen atoms in total. The summed E-state index contributed by atoms with van der Waals surface area (Å²) in [5.74, 6) is -1.19. The highest BCUT2D eigenvalue weighted by Crippen LogP contribution is 2.14. The van der Waals surface area contributed by atoms with E-state index in [1.165, 1.54) is 0 Å². The molecule has 1 aromatic rings. The zero-order chi connectivity index (χ0) is 14.4. The molecule has 0 saturated carbocycles. The molecule has 2 N–H and O–H groups in total. The van der Waals surface area contributed by atoms with E-state index in [4.69, 9.17) is 5.11 Å². The summed E-state index contributed by atoms with van der Waals surface area (Å²) in [6.07, 6.45) is 1.37. The van der Waals surface area contributed by atoms with E-state index in [1.807, 2.05) is 26.0 Å². The van der Waals surface area contributed by atoms with Crippen LogP contribution in [0.4, 0.5) is 0 Å². The minimum absolute atomic E-state index is 0.193. The predicted octanol–water partition coefficient (Wildman–Crippen LogP) is 2.11. The molecule has 0 radical (unpaired) electrons.